The lowest BCUT2D eigenvalue weighted by molar-refractivity contribution is 0.242. The van der Waals surface area contributed by atoms with Crippen LogP contribution in [-0.4, -0.2) is 42.8 Å². The zero-order chi connectivity index (χ0) is 12.4. The van der Waals surface area contributed by atoms with Crippen LogP contribution < -0.4 is 5.32 Å². The molecule has 5 heteroatoms. The Hall–Kier alpha value is -1.10. The lowest BCUT2D eigenvalue weighted by Gasteiger charge is -2.26. The van der Waals surface area contributed by atoms with E-state index in [0.29, 0.717) is 10.6 Å². The van der Waals surface area contributed by atoms with Gasteiger partial charge in [0.15, 0.2) is 5.58 Å². The SMILES string of the molecule is Clc1cccc2c(CCN3CCNCC3)noc12. The third kappa shape index (κ3) is 2.36. The highest BCUT2D eigenvalue weighted by atomic mass is 35.5. The summed E-state index contributed by atoms with van der Waals surface area (Å²) in [6.45, 7) is 5.39. The molecule has 1 N–H and O–H groups in total. The standard InChI is InChI=1S/C13H16ClN3O/c14-11-3-1-2-10-12(16-18-13(10)11)4-7-17-8-5-15-6-9-17/h1-3,15H,4-9H2. The summed E-state index contributed by atoms with van der Waals surface area (Å²) in [7, 11) is 0. The molecule has 4 nitrogen and oxygen atoms in total. The van der Waals surface area contributed by atoms with E-state index in [-0.39, 0.29) is 0 Å². The van der Waals surface area contributed by atoms with Crippen molar-refractivity contribution in [1.29, 1.82) is 0 Å². The van der Waals surface area contributed by atoms with Gasteiger partial charge in [-0.05, 0) is 12.1 Å². The average molecular weight is 266 g/mol. The van der Waals surface area contributed by atoms with Crippen molar-refractivity contribution >= 4 is 22.6 Å². The van der Waals surface area contributed by atoms with E-state index in [1.165, 1.54) is 0 Å². The van der Waals surface area contributed by atoms with Gasteiger partial charge in [-0.3, -0.25) is 0 Å². The van der Waals surface area contributed by atoms with Gasteiger partial charge in [0.2, 0.25) is 0 Å². The molecule has 0 spiro atoms. The van der Waals surface area contributed by atoms with Gasteiger partial charge in [0, 0.05) is 44.5 Å². The Labute approximate surface area is 111 Å². The van der Waals surface area contributed by atoms with Crippen molar-refractivity contribution in [3.8, 4) is 0 Å². The highest BCUT2D eigenvalue weighted by Crippen LogP contribution is 2.26. The topological polar surface area (TPSA) is 41.3 Å². The van der Waals surface area contributed by atoms with Crippen LogP contribution in [0.1, 0.15) is 5.69 Å². The molecule has 0 unspecified atom stereocenters. The summed E-state index contributed by atoms with van der Waals surface area (Å²) in [4.78, 5) is 2.45. The monoisotopic (exact) mass is 265 g/mol. The van der Waals surface area contributed by atoms with Gasteiger partial charge < -0.3 is 14.7 Å². The molecule has 0 radical (unpaired) electrons. The number of nitrogens with zero attached hydrogens (tertiary/aromatic N) is 2. The second-order valence-corrected chi connectivity index (χ2v) is 4.99. The first-order valence-electron chi connectivity index (χ1n) is 6.30. The lowest BCUT2D eigenvalue weighted by atomic mass is 10.1. The Morgan fingerprint density at radius 1 is 1.33 bits per heavy atom. The number of benzene rings is 1. The van der Waals surface area contributed by atoms with Gasteiger partial charge in [-0.2, -0.15) is 0 Å². The third-order valence-corrected chi connectivity index (χ3v) is 3.70. The fourth-order valence-corrected chi connectivity index (χ4v) is 2.57. The highest BCUT2D eigenvalue weighted by Gasteiger charge is 2.13. The Kier molecular flexibility index (Phi) is 3.50. The molecule has 2 heterocycles. The summed E-state index contributed by atoms with van der Waals surface area (Å²) in [6, 6.07) is 5.79. The van der Waals surface area contributed by atoms with E-state index in [1.807, 2.05) is 18.2 Å². The molecule has 18 heavy (non-hydrogen) atoms. The second-order valence-electron chi connectivity index (χ2n) is 4.59. The molecule has 96 valence electrons. The zero-order valence-electron chi connectivity index (χ0n) is 10.2. The minimum atomic E-state index is 0.633. The average Bonchev–Trinajstić information content (AvgIpc) is 2.82. The first kappa shape index (κ1) is 12.0. The number of hydrogen-bond acceptors (Lipinski definition) is 4. The number of aromatic nitrogens is 1. The van der Waals surface area contributed by atoms with E-state index in [0.717, 1.165) is 50.2 Å². The molecule has 1 aliphatic heterocycles. The predicted molar refractivity (Wildman–Crippen MR) is 72.0 cm³/mol. The maximum atomic E-state index is 6.07. The van der Waals surface area contributed by atoms with E-state index >= 15 is 0 Å². The summed E-state index contributed by atoms with van der Waals surface area (Å²) in [5.41, 5.74) is 1.71. The second kappa shape index (κ2) is 5.26. The summed E-state index contributed by atoms with van der Waals surface area (Å²) < 4.78 is 5.31. The number of halogens is 1. The zero-order valence-corrected chi connectivity index (χ0v) is 10.9. The maximum absolute atomic E-state index is 6.07. The van der Waals surface area contributed by atoms with E-state index in [9.17, 15) is 0 Å². The molecule has 3 rings (SSSR count). The molecule has 2 aromatic rings. The van der Waals surface area contributed by atoms with Crippen molar-refractivity contribution in [2.45, 2.75) is 6.42 Å². The molecule has 1 fully saturated rings. The molecule has 0 atom stereocenters. The molecule has 0 saturated carbocycles. The largest absolute Gasteiger partial charge is 0.354 e. The highest BCUT2D eigenvalue weighted by molar-refractivity contribution is 6.34. The Morgan fingerprint density at radius 2 is 2.17 bits per heavy atom. The van der Waals surface area contributed by atoms with Gasteiger partial charge in [0.05, 0.1) is 10.7 Å². The van der Waals surface area contributed by atoms with Gasteiger partial charge in [0.25, 0.3) is 0 Å². The summed E-state index contributed by atoms with van der Waals surface area (Å²) in [5.74, 6) is 0. The molecular formula is C13H16ClN3O. The van der Waals surface area contributed by atoms with E-state index in [4.69, 9.17) is 16.1 Å². The van der Waals surface area contributed by atoms with Crippen molar-refractivity contribution < 1.29 is 4.52 Å². The summed E-state index contributed by atoms with van der Waals surface area (Å²) >= 11 is 6.07. The molecule has 0 bridgehead atoms. The van der Waals surface area contributed by atoms with Crippen LogP contribution in [0.3, 0.4) is 0 Å². The lowest BCUT2D eigenvalue weighted by Crippen LogP contribution is -2.44. The van der Waals surface area contributed by atoms with Crippen LogP contribution in [0, 0.1) is 0 Å². The van der Waals surface area contributed by atoms with Crippen LogP contribution in [0.2, 0.25) is 5.02 Å². The van der Waals surface area contributed by atoms with Crippen LogP contribution >= 0.6 is 11.6 Å². The smallest absolute Gasteiger partial charge is 0.185 e. The Morgan fingerprint density at radius 3 is 3.00 bits per heavy atom. The first-order valence-corrected chi connectivity index (χ1v) is 6.68. The molecular weight excluding hydrogens is 250 g/mol. The molecule has 0 aliphatic carbocycles. The quantitative estimate of drug-likeness (QED) is 0.921. The molecule has 1 aromatic carbocycles. The van der Waals surface area contributed by atoms with E-state index in [1.54, 1.807) is 0 Å². The van der Waals surface area contributed by atoms with E-state index in [2.05, 4.69) is 15.4 Å². The molecule has 0 amide bonds. The number of piperazine rings is 1. The Bertz CT molecular complexity index is 534. The Balaban J connectivity index is 1.72. The fraction of sp³-hybridized carbons (Fsp3) is 0.462. The van der Waals surface area contributed by atoms with Gasteiger partial charge in [0.1, 0.15) is 0 Å². The molecule has 1 saturated heterocycles. The fourth-order valence-electron chi connectivity index (χ4n) is 2.36. The number of fused-ring (bicyclic) bond motifs is 1. The first-order chi connectivity index (χ1) is 8.84. The predicted octanol–water partition coefficient (Wildman–Crippen LogP) is 1.93. The van der Waals surface area contributed by atoms with Crippen molar-refractivity contribution in [2.75, 3.05) is 32.7 Å². The van der Waals surface area contributed by atoms with Crippen LogP contribution in [0.15, 0.2) is 22.7 Å². The minimum Gasteiger partial charge on any atom is -0.354 e. The number of hydrogen-bond donors (Lipinski definition) is 1. The van der Waals surface area contributed by atoms with Gasteiger partial charge in [-0.15, -0.1) is 0 Å². The number of rotatable bonds is 3. The third-order valence-electron chi connectivity index (χ3n) is 3.40. The summed E-state index contributed by atoms with van der Waals surface area (Å²) in [6.07, 6.45) is 0.910. The van der Waals surface area contributed by atoms with Gasteiger partial charge in [-0.25, -0.2) is 0 Å². The van der Waals surface area contributed by atoms with Crippen molar-refractivity contribution in [1.82, 2.24) is 15.4 Å². The number of nitrogens with one attached hydrogen (secondary N) is 1. The van der Waals surface area contributed by atoms with E-state index < -0.39 is 0 Å². The van der Waals surface area contributed by atoms with Crippen LogP contribution in [-0.2, 0) is 6.42 Å². The van der Waals surface area contributed by atoms with Crippen molar-refractivity contribution in [3.63, 3.8) is 0 Å². The minimum absolute atomic E-state index is 0.633. The maximum Gasteiger partial charge on any atom is 0.185 e. The van der Waals surface area contributed by atoms with Gasteiger partial charge >= 0.3 is 0 Å². The van der Waals surface area contributed by atoms with Crippen LogP contribution in [0.5, 0.6) is 0 Å². The van der Waals surface area contributed by atoms with Gasteiger partial charge in [-0.1, -0.05) is 22.8 Å². The van der Waals surface area contributed by atoms with Crippen LogP contribution in [0.25, 0.3) is 11.0 Å². The normalized spacial score (nSPS) is 17.4. The van der Waals surface area contributed by atoms with Crippen molar-refractivity contribution in [3.05, 3.63) is 28.9 Å². The molecule has 1 aromatic heterocycles. The molecule has 1 aliphatic rings. The number of para-hydroxylation sites is 1. The van der Waals surface area contributed by atoms with Crippen LogP contribution in [0.4, 0.5) is 0 Å². The summed E-state index contributed by atoms with van der Waals surface area (Å²) in [5, 5.41) is 9.16. The van der Waals surface area contributed by atoms with Crippen molar-refractivity contribution in [2.24, 2.45) is 0 Å².